The zero-order chi connectivity index (χ0) is 20.4. The highest BCUT2D eigenvalue weighted by Crippen LogP contribution is 2.30. The fourth-order valence-electron chi connectivity index (χ4n) is 4.23. The number of aromatic amines is 1. The van der Waals surface area contributed by atoms with Gasteiger partial charge in [-0.25, -0.2) is 18.2 Å². The zero-order valence-corrected chi connectivity index (χ0v) is 17.5. The van der Waals surface area contributed by atoms with Gasteiger partial charge in [0.25, 0.3) is 5.56 Å². The highest BCUT2D eigenvalue weighted by atomic mass is 32.2. The molecule has 2 N–H and O–H groups in total. The van der Waals surface area contributed by atoms with Crippen molar-refractivity contribution in [3.8, 4) is 11.3 Å². The zero-order valence-electron chi connectivity index (χ0n) is 16.7. The maximum absolute atomic E-state index is 13.1. The first kappa shape index (κ1) is 20.3. The number of benzene rings is 1. The van der Waals surface area contributed by atoms with E-state index in [1.165, 1.54) is 0 Å². The maximum Gasteiger partial charge on any atom is 0.267 e. The quantitative estimate of drug-likeness (QED) is 0.751. The summed E-state index contributed by atoms with van der Waals surface area (Å²) < 4.78 is 34.3. The summed E-state index contributed by atoms with van der Waals surface area (Å²) in [6, 6.07) is 5.43. The van der Waals surface area contributed by atoms with Crippen LogP contribution in [0.1, 0.15) is 49.3 Å². The Kier molecular flexibility index (Phi) is 5.85. The minimum absolute atomic E-state index is 0.0640. The fourth-order valence-corrected chi connectivity index (χ4v) is 5.63. The molecule has 156 valence electrons. The Morgan fingerprint density at radius 3 is 2.72 bits per heavy atom. The fraction of sp³-hybridized carbons (Fsp3) is 0.524. The lowest BCUT2D eigenvalue weighted by Crippen LogP contribution is -2.32. The smallest absolute Gasteiger partial charge is 0.267 e. The molecule has 1 aromatic heterocycles. The Morgan fingerprint density at radius 2 is 2.00 bits per heavy atom. The lowest BCUT2D eigenvalue weighted by Gasteiger charge is -2.19. The average Bonchev–Trinajstić information content (AvgIpc) is 3.26. The summed E-state index contributed by atoms with van der Waals surface area (Å²) in [5.41, 5.74) is 3.74. The van der Waals surface area contributed by atoms with E-state index in [2.05, 4.69) is 14.9 Å². The van der Waals surface area contributed by atoms with Crippen LogP contribution in [-0.2, 0) is 34.0 Å². The van der Waals surface area contributed by atoms with E-state index < -0.39 is 10.0 Å². The first-order chi connectivity index (χ1) is 14.0. The number of nitrogens with zero attached hydrogens (tertiary/aromatic N) is 1. The van der Waals surface area contributed by atoms with Gasteiger partial charge < -0.3 is 4.74 Å². The number of ether oxygens (including phenoxy) is 1. The van der Waals surface area contributed by atoms with Crippen LogP contribution in [0, 0.1) is 0 Å². The van der Waals surface area contributed by atoms with Gasteiger partial charge in [-0.3, -0.25) is 4.79 Å². The Hall–Kier alpha value is -2.03. The molecule has 1 unspecified atom stereocenters. The van der Waals surface area contributed by atoms with Crippen molar-refractivity contribution in [2.45, 2.75) is 62.9 Å². The third-order valence-electron chi connectivity index (χ3n) is 5.83. The van der Waals surface area contributed by atoms with E-state index in [1.54, 1.807) is 6.07 Å². The van der Waals surface area contributed by atoms with Crippen molar-refractivity contribution in [2.75, 3.05) is 13.2 Å². The van der Waals surface area contributed by atoms with Crippen LogP contribution in [0.4, 0.5) is 0 Å². The third kappa shape index (κ3) is 4.15. The van der Waals surface area contributed by atoms with Gasteiger partial charge in [0.2, 0.25) is 10.0 Å². The highest BCUT2D eigenvalue weighted by molar-refractivity contribution is 7.89. The summed E-state index contributed by atoms with van der Waals surface area (Å²) in [7, 11) is -3.68. The molecule has 1 fully saturated rings. The molecular formula is C21H27N3O4S. The van der Waals surface area contributed by atoms with Crippen LogP contribution in [0.5, 0.6) is 0 Å². The molecule has 4 rings (SSSR count). The predicted molar refractivity (Wildman–Crippen MR) is 110 cm³/mol. The van der Waals surface area contributed by atoms with Crippen LogP contribution in [0.15, 0.2) is 27.9 Å². The van der Waals surface area contributed by atoms with Crippen molar-refractivity contribution in [3.05, 3.63) is 45.2 Å². The lowest BCUT2D eigenvalue weighted by molar-refractivity contribution is 0.114. The van der Waals surface area contributed by atoms with Crippen molar-refractivity contribution in [3.63, 3.8) is 0 Å². The molecule has 2 heterocycles. The van der Waals surface area contributed by atoms with Crippen molar-refractivity contribution in [1.29, 1.82) is 0 Å². The normalized spacial score (nSPS) is 19.3. The van der Waals surface area contributed by atoms with Gasteiger partial charge in [0.05, 0.1) is 16.7 Å². The summed E-state index contributed by atoms with van der Waals surface area (Å²) >= 11 is 0. The first-order valence-corrected chi connectivity index (χ1v) is 11.8. The Balaban J connectivity index is 1.71. The molecule has 2 aromatic rings. The van der Waals surface area contributed by atoms with Gasteiger partial charge in [0.15, 0.2) is 0 Å². The molecule has 29 heavy (non-hydrogen) atoms. The van der Waals surface area contributed by atoms with Crippen LogP contribution in [0.2, 0.25) is 0 Å². The topological polar surface area (TPSA) is 101 Å². The van der Waals surface area contributed by atoms with Gasteiger partial charge in [0.1, 0.15) is 0 Å². The molecule has 1 aliphatic carbocycles. The Bertz CT molecular complexity index is 1060. The second kappa shape index (κ2) is 8.38. The summed E-state index contributed by atoms with van der Waals surface area (Å²) in [5, 5.41) is 6.87. The SMILES string of the molecule is CCc1ccc(-c2n[nH]c(=O)c3c2CCCC3)cc1S(=O)(=O)NCC1CCCO1. The average molecular weight is 418 g/mol. The highest BCUT2D eigenvalue weighted by Gasteiger charge is 2.24. The molecule has 0 saturated carbocycles. The molecule has 8 heteroatoms. The molecule has 0 radical (unpaired) electrons. The molecule has 1 atom stereocenters. The minimum atomic E-state index is -3.68. The van der Waals surface area contributed by atoms with Crippen LogP contribution < -0.4 is 10.3 Å². The summed E-state index contributed by atoms with van der Waals surface area (Å²) in [6.45, 7) is 2.90. The van der Waals surface area contributed by atoms with E-state index in [4.69, 9.17) is 4.74 Å². The number of aryl methyl sites for hydroxylation is 1. The molecule has 2 aliphatic rings. The van der Waals surface area contributed by atoms with Crippen LogP contribution in [0.3, 0.4) is 0 Å². The lowest BCUT2D eigenvalue weighted by atomic mass is 9.89. The number of hydrogen-bond donors (Lipinski definition) is 2. The van der Waals surface area contributed by atoms with Crippen molar-refractivity contribution < 1.29 is 13.2 Å². The van der Waals surface area contributed by atoms with E-state index in [0.717, 1.165) is 55.2 Å². The predicted octanol–water partition coefficient (Wildman–Crippen LogP) is 2.34. The molecule has 7 nitrogen and oxygen atoms in total. The number of fused-ring (bicyclic) bond motifs is 1. The summed E-state index contributed by atoms with van der Waals surface area (Å²) in [4.78, 5) is 12.4. The molecule has 1 saturated heterocycles. The van der Waals surface area contributed by atoms with Gasteiger partial charge >= 0.3 is 0 Å². The monoisotopic (exact) mass is 417 g/mol. The van der Waals surface area contributed by atoms with Crippen molar-refractivity contribution >= 4 is 10.0 Å². The van der Waals surface area contributed by atoms with Crippen molar-refractivity contribution in [2.24, 2.45) is 0 Å². The number of nitrogens with one attached hydrogen (secondary N) is 2. The number of H-pyrrole nitrogens is 1. The van der Waals surface area contributed by atoms with Gasteiger partial charge in [0, 0.05) is 24.3 Å². The van der Waals surface area contributed by atoms with E-state index in [-0.39, 0.29) is 23.1 Å². The van der Waals surface area contributed by atoms with Gasteiger partial charge in [-0.2, -0.15) is 5.10 Å². The third-order valence-corrected chi connectivity index (χ3v) is 7.34. The minimum Gasteiger partial charge on any atom is -0.377 e. The van der Waals surface area contributed by atoms with Gasteiger partial charge in [-0.05, 0) is 62.1 Å². The van der Waals surface area contributed by atoms with Crippen LogP contribution in [-0.4, -0.2) is 37.9 Å². The number of hydrogen-bond acceptors (Lipinski definition) is 5. The first-order valence-electron chi connectivity index (χ1n) is 10.3. The molecule has 1 aromatic carbocycles. The second-order valence-corrected chi connectivity index (χ2v) is 9.46. The van der Waals surface area contributed by atoms with Crippen LogP contribution in [0.25, 0.3) is 11.3 Å². The molecule has 0 spiro atoms. The molecule has 1 aliphatic heterocycles. The van der Waals surface area contributed by atoms with Crippen LogP contribution >= 0.6 is 0 Å². The van der Waals surface area contributed by atoms with E-state index in [9.17, 15) is 13.2 Å². The van der Waals surface area contributed by atoms with E-state index in [0.29, 0.717) is 24.3 Å². The van der Waals surface area contributed by atoms with Gasteiger partial charge in [-0.15, -0.1) is 0 Å². The number of sulfonamides is 1. The number of rotatable bonds is 6. The maximum atomic E-state index is 13.1. The Labute approximate surface area is 170 Å². The van der Waals surface area contributed by atoms with E-state index >= 15 is 0 Å². The van der Waals surface area contributed by atoms with Gasteiger partial charge in [-0.1, -0.05) is 19.1 Å². The summed E-state index contributed by atoms with van der Waals surface area (Å²) in [6.07, 6.45) is 5.89. The number of aromatic nitrogens is 2. The van der Waals surface area contributed by atoms with E-state index in [1.807, 2.05) is 19.1 Å². The Morgan fingerprint density at radius 1 is 1.21 bits per heavy atom. The van der Waals surface area contributed by atoms with Crippen molar-refractivity contribution in [1.82, 2.24) is 14.9 Å². The molecule has 0 amide bonds. The molecule has 0 bridgehead atoms. The molecular weight excluding hydrogens is 390 g/mol. The standard InChI is InChI=1S/C21H27N3O4S/c1-2-14-9-10-15(20-17-7-3-4-8-18(17)21(25)24-23-20)12-19(14)29(26,27)22-13-16-6-5-11-28-16/h9-10,12,16,22H,2-8,11,13H2,1H3,(H,24,25). The second-order valence-electron chi connectivity index (χ2n) is 7.73. The largest absolute Gasteiger partial charge is 0.377 e. The summed E-state index contributed by atoms with van der Waals surface area (Å²) in [5.74, 6) is 0.